The molecule has 1 rings (SSSR count). The number of nitrogens with zero attached hydrogens (tertiary/aromatic N) is 2. The first kappa shape index (κ1) is 11.1. The Labute approximate surface area is 80.7 Å². The summed E-state index contributed by atoms with van der Waals surface area (Å²) in [4.78, 5) is 22.1. The first-order chi connectivity index (χ1) is 6.97. The molecule has 0 aliphatic heterocycles. The van der Waals surface area contributed by atoms with Crippen LogP contribution in [0.1, 0.15) is 22.6 Å². The molecule has 5 nitrogen and oxygen atoms in total. The highest BCUT2D eigenvalue weighted by molar-refractivity contribution is 5.72. The quantitative estimate of drug-likeness (QED) is 0.442. The highest BCUT2D eigenvalue weighted by Gasteiger charge is 2.29. The van der Waals surface area contributed by atoms with Gasteiger partial charge in [-0.2, -0.15) is 4.39 Å². The lowest BCUT2D eigenvalue weighted by atomic mass is 10.2. The van der Waals surface area contributed by atoms with E-state index in [-0.39, 0.29) is 6.29 Å². The van der Waals surface area contributed by atoms with E-state index < -0.39 is 34.2 Å². The standard InChI is InChI=1S/C7H3F3N2O3/c8-4-1-3(2-13)11-5(7(9)10)6(4)12(14)15/h1-2,7H. The van der Waals surface area contributed by atoms with Crippen molar-refractivity contribution < 1.29 is 22.9 Å². The number of halogens is 3. The van der Waals surface area contributed by atoms with Gasteiger partial charge in [-0.15, -0.1) is 0 Å². The van der Waals surface area contributed by atoms with E-state index in [1.165, 1.54) is 0 Å². The minimum atomic E-state index is -3.32. The Bertz CT molecular complexity index is 422. The maximum absolute atomic E-state index is 12.9. The Morgan fingerprint density at radius 3 is 2.53 bits per heavy atom. The maximum Gasteiger partial charge on any atom is 0.332 e. The second-order valence-corrected chi connectivity index (χ2v) is 2.44. The molecule has 0 aliphatic rings. The van der Waals surface area contributed by atoms with E-state index in [0.717, 1.165) is 0 Å². The summed E-state index contributed by atoms with van der Waals surface area (Å²) in [6.45, 7) is 0. The van der Waals surface area contributed by atoms with Crippen LogP contribution in [0, 0.1) is 15.9 Å². The number of aromatic nitrogens is 1. The number of hydrogen-bond acceptors (Lipinski definition) is 4. The normalized spacial score (nSPS) is 10.4. The lowest BCUT2D eigenvalue weighted by molar-refractivity contribution is -0.389. The molecule has 1 aromatic rings. The molecule has 0 spiro atoms. The monoisotopic (exact) mass is 220 g/mol. The summed E-state index contributed by atoms with van der Waals surface area (Å²) >= 11 is 0. The summed E-state index contributed by atoms with van der Waals surface area (Å²) in [6.07, 6.45) is -3.29. The van der Waals surface area contributed by atoms with Crippen LogP contribution in [-0.4, -0.2) is 16.2 Å². The van der Waals surface area contributed by atoms with Crippen molar-refractivity contribution in [1.82, 2.24) is 4.98 Å². The Morgan fingerprint density at radius 1 is 1.53 bits per heavy atom. The van der Waals surface area contributed by atoms with Gasteiger partial charge in [0, 0.05) is 6.07 Å². The highest BCUT2D eigenvalue weighted by Crippen LogP contribution is 2.29. The second-order valence-electron chi connectivity index (χ2n) is 2.44. The summed E-state index contributed by atoms with van der Waals surface area (Å²) in [7, 11) is 0. The topological polar surface area (TPSA) is 73.1 Å². The summed E-state index contributed by atoms with van der Waals surface area (Å²) in [5.41, 5.74) is -3.37. The van der Waals surface area contributed by atoms with Crippen molar-refractivity contribution in [3.05, 3.63) is 33.4 Å². The zero-order chi connectivity index (χ0) is 11.6. The van der Waals surface area contributed by atoms with Crippen molar-refractivity contribution in [3.8, 4) is 0 Å². The molecule has 0 bridgehead atoms. The molecule has 0 aromatic carbocycles. The summed E-state index contributed by atoms with van der Waals surface area (Å²) in [5.74, 6) is -1.51. The predicted molar refractivity (Wildman–Crippen MR) is 41.2 cm³/mol. The van der Waals surface area contributed by atoms with Crippen LogP contribution in [0.25, 0.3) is 0 Å². The third kappa shape index (κ3) is 2.09. The highest BCUT2D eigenvalue weighted by atomic mass is 19.3. The molecule has 0 atom stereocenters. The van der Waals surface area contributed by atoms with Crippen molar-refractivity contribution in [2.75, 3.05) is 0 Å². The van der Waals surface area contributed by atoms with Crippen molar-refractivity contribution in [3.63, 3.8) is 0 Å². The van der Waals surface area contributed by atoms with Gasteiger partial charge in [0.2, 0.25) is 5.82 Å². The van der Waals surface area contributed by atoms with E-state index in [9.17, 15) is 28.1 Å². The molecule has 8 heteroatoms. The zero-order valence-corrected chi connectivity index (χ0v) is 6.99. The average molecular weight is 220 g/mol. The Morgan fingerprint density at radius 2 is 2.13 bits per heavy atom. The van der Waals surface area contributed by atoms with Gasteiger partial charge in [-0.05, 0) is 0 Å². The van der Waals surface area contributed by atoms with Gasteiger partial charge in [-0.1, -0.05) is 0 Å². The van der Waals surface area contributed by atoms with Crippen LogP contribution < -0.4 is 0 Å². The minimum Gasteiger partial charge on any atom is -0.296 e. The van der Waals surface area contributed by atoms with Crippen LogP contribution in [0.2, 0.25) is 0 Å². The van der Waals surface area contributed by atoms with Crippen LogP contribution in [-0.2, 0) is 0 Å². The van der Waals surface area contributed by atoms with Crippen molar-refractivity contribution in [1.29, 1.82) is 0 Å². The fourth-order valence-electron chi connectivity index (χ4n) is 0.938. The van der Waals surface area contributed by atoms with Gasteiger partial charge in [-0.3, -0.25) is 14.9 Å². The fourth-order valence-corrected chi connectivity index (χ4v) is 0.938. The largest absolute Gasteiger partial charge is 0.332 e. The van der Waals surface area contributed by atoms with Crippen LogP contribution in [0.3, 0.4) is 0 Å². The zero-order valence-electron chi connectivity index (χ0n) is 6.99. The first-order valence-electron chi connectivity index (χ1n) is 3.55. The molecule has 0 aliphatic carbocycles. The summed E-state index contributed by atoms with van der Waals surface area (Å²) < 4.78 is 37.4. The van der Waals surface area contributed by atoms with Crippen LogP contribution in [0.4, 0.5) is 18.9 Å². The number of rotatable bonds is 3. The SMILES string of the molecule is O=Cc1cc(F)c([N+](=O)[O-])c(C(F)F)n1. The number of hydrogen-bond donors (Lipinski definition) is 0. The van der Waals surface area contributed by atoms with Gasteiger partial charge in [0.05, 0.1) is 4.92 Å². The number of alkyl halides is 2. The van der Waals surface area contributed by atoms with Crippen molar-refractivity contribution in [2.45, 2.75) is 6.43 Å². The van der Waals surface area contributed by atoms with Gasteiger partial charge in [-0.25, -0.2) is 13.8 Å². The number of carbonyl (C=O) groups excluding carboxylic acids is 1. The van der Waals surface area contributed by atoms with Gasteiger partial charge in [0.25, 0.3) is 6.43 Å². The maximum atomic E-state index is 12.9. The molecule has 15 heavy (non-hydrogen) atoms. The number of pyridine rings is 1. The Hall–Kier alpha value is -1.99. The smallest absolute Gasteiger partial charge is 0.296 e. The number of nitro groups is 1. The van der Waals surface area contributed by atoms with E-state index in [1.54, 1.807) is 0 Å². The van der Waals surface area contributed by atoms with E-state index in [0.29, 0.717) is 6.07 Å². The third-order valence-corrected chi connectivity index (χ3v) is 1.50. The Balaban J connectivity index is 3.49. The van der Waals surface area contributed by atoms with E-state index >= 15 is 0 Å². The predicted octanol–water partition coefficient (Wildman–Crippen LogP) is 1.88. The molecule has 1 aromatic heterocycles. The van der Waals surface area contributed by atoms with Gasteiger partial charge < -0.3 is 0 Å². The van der Waals surface area contributed by atoms with Crippen LogP contribution in [0.15, 0.2) is 6.07 Å². The van der Waals surface area contributed by atoms with E-state index in [4.69, 9.17) is 0 Å². The second kappa shape index (κ2) is 4.03. The number of aldehydes is 1. The first-order valence-corrected chi connectivity index (χ1v) is 3.55. The lowest BCUT2D eigenvalue weighted by Gasteiger charge is -2.02. The Kier molecular flexibility index (Phi) is 2.98. The lowest BCUT2D eigenvalue weighted by Crippen LogP contribution is -2.05. The minimum absolute atomic E-state index is 0.0265. The molecule has 0 saturated heterocycles. The van der Waals surface area contributed by atoms with E-state index in [1.807, 2.05) is 0 Å². The van der Waals surface area contributed by atoms with Crippen molar-refractivity contribution >= 4 is 12.0 Å². The average Bonchev–Trinajstić information content (AvgIpc) is 2.15. The molecular weight excluding hydrogens is 217 g/mol. The molecule has 0 N–H and O–H groups in total. The molecule has 0 fully saturated rings. The third-order valence-electron chi connectivity index (χ3n) is 1.50. The van der Waals surface area contributed by atoms with E-state index in [2.05, 4.69) is 4.98 Å². The summed E-state index contributed by atoms with van der Waals surface area (Å²) in [6, 6.07) is 0.428. The molecule has 1 heterocycles. The van der Waals surface area contributed by atoms with Crippen LogP contribution >= 0.6 is 0 Å². The van der Waals surface area contributed by atoms with Gasteiger partial charge >= 0.3 is 5.69 Å². The number of carbonyl (C=O) groups is 1. The van der Waals surface area contributed by atoms with Crippen molar-refractivity contribution in [2.24, 2.45) is 0 Å². The summed E-state index contributed by atoms with van der Waals surface area (Å²) in [5, 5.41) is 10.3. The molecule has 0 unspecified atom stereocenters. The van der Waals surface area contributed by atoms with Gasteiger partial charge in [0.1, 0.15) is 5.69 Å². The molecule has 80 valence electrons. The molecule has 0 saturated carbocycles. The molecular formula is C7H3F3N2O3. The molecule has 0 radical (unpaired) electrons. The molecule has 0 amide bonds. The fraction of sp³-hybridized carbons (Fsp3) is 0.143. The van der Waals surface area contributed by atoms with Crippen LogP contribution in [0.5, 0.6) is 0 Å². The van der Waals surface area contributed by atoms with Gasteiger partial charge in [0.15, 0.2) is 12.0 Å².